The normalized spacial score (nSPS) is 29.5. The Kier molecular flexibility index (Phi) is 6.78. The first-order chi connectivity index (χ1) is 14.5. The molecule has 3 rings (SSSR count). The molecule has 31 heavy (non-hydrogen) atoms. The summed E-state index contributed by atoms with van der Waals surface area (Å²) < 4.78 is 11.5. The van der Waals surface area contributed by atoms with Crippen molar-refractivity contribution in [2.75, 3.05) is 19.7 Å². The number of nitrogens with zero attached hydrogens (tertiary/aromatic N) is 1. The number of nitrogens with one attached hydrogen (secondary N) is 2. The molecule has 0 aromatic rings. The number of nitrogens with two attached hydrogens (primary N) is 1. The van der Waals surface area contributed by atoms with E-state index in [1.165, 1.54) is 4.90 Å². The predicted molar refractivity (Wildman–Crippen MR) is 111 cm³/mol. The highest BCUT2D eigenvalue weighted by molar-refractivity contribution is 5.92. The summed E-state index contributed by atoms with van der Waals surface area (Å²) in [4.78, 5) is 51.3. The van der Waals surface area contributed by atoms with Crippen LogP contribution in [0.25, 0.3) is 0 Å². The molecule has 1 spiro atoms. The molecule has 0 aromatic heterocycles. The molecule has 10 heteroatoms. The Bertz CT molecular complexity index is 728. The van der Waals surface area contributed by atoms with Crippen LogP contribution in [0.1, 0.15) is 59.3 Å². The highest BCUT2D eigenvalue weighted by Crippen LogP contribution is 2.38. The van der Waals surface area contributed by atoms with Crippen LogP contribution in [-0.2, 0) is 23.9 Å². The monoisotopic (exact) mass is 438 g/mol. The van der Waals surface area contributed by atoms with Crippen molar-refractivity contribution in [3.63, 3.8) is 0 Å². The molecule has 0 saturated carbocycles. The molecule has 3 fully saturated rings. The van der Waals surface area contributed by atoms with Gasteiger partial charge in [-0.05, 0) is 52.9 Å². The molecule has 4 atom stereocenters. The van der Waals surface area contributed by atoms with Gasteiger partial charge >= 0.3 is 6.09 Å². The number of carbonyl (C=O) groups is 4. The molecular weight excluding hydrogens is 404 g/mol. The third-order valence-corrected chi connectivity index (χ3v) is 6.11. The standard InChI is InChI=1S/C21H34N4O6/c1-20(2,3)31-19(29)25-12-21(7-4-5-9-30-21)11-15(25)18(28)24-14(16(22)26)10-13-6-8-23-17(13)27/h13-15H,4-12H2,1-3H3,(H2,22,26)(H,23,27)(H,24,28)/t13-,14-,15?,21?/m0/s1. The van der Waals surface area contributed by atoms with Crippen molar-refractivity contribution in [1.29, 1.82) is 0 Å². The Morgan fingerprint density at radius 1 is 1.35 bits per heavy atom. The number of hydrogen-bond donors (Lipinski definition) is 3. The van der Waals surface area contributed by atoms with Crippen LogP contribution in [-0.4, -0.2) is 71.7 Å². The van der Waals surface area contributed by atoms with Crippen LogP contribution in [0.5, 0.6) is 0 Å². The van der Waals surface area contributed by atoms with E-state index in [2.05, 4.69) is 10.6 Å². The Morgan fingerprint density at radius 2 is 2.10 bits per heavy atom. The van der Waals surface area contributed by atoms with Gasteiger partial charge in [-0.25, -0.2) is 4.79 Å². The van der Waals surface area contributed by atoms with Gasteiger partial charge in [0.15, 0.2) is 0 Å². The molecule has 174 valence electrons. The van der Waals surface area contributed by atoms with Crippen molar-refractivity contribution in [3.8, 4) is 0 Å². The number of hydrogen-bond acceptors (Lipinski definition) is 6. The van der Waals surface area contributed by atoms with E-state index in [1.807, 2.05) is 0 Å². The van der Waals surface area contributed by atoms with Gasteiger partial charge in [0.25, 0.3) is 0 Å². The quantitative estimate of drug-likeness (QED) is 0.569. The minimum absolute atomic E-state index is 0.133. The highest BCUT2D eigenvalue weighted by atomic mass is 16.6. The van der Waals surface area contributed by atoms with Gasteiger partial charge in [0.2, 0.25) is 17.7 Å². The second-order valence-corrected chi connectivity index (χ2v) is 9.79. The molecule has 0 radical (unpaired) electrons. The van der Waals surface area contributed by atoms with E-state index in [9.17, 15) is 19.2 Å². The zero-order chi connectivity index (χ0) is 22.8. The number of ether oxygens (including phenoxy) is 2. The van der Waals surface area contributed by atoms with Crippen molar-refractivity contribution in [1.82, 2.24) is 15.5 Å². The second kappa shape index (κ2) is 9.02. The first-order valence-corrected chi connectivity index (χ1v) is 11.0. The van der Waals surface area contributed by atoms with Crippen LogP contribution in [0.3, 0.4) is 0 Å². The molecule has 2 unspecified atom stereocenters. The number of rotatable bonds is 5. The van der Waals surface area contributed by atoms with E-state index in [4.69, 9.17) is 15.2 Å². The smallest absolute Gasteiger partial charge is 0.411 e. The first-order valence-electron chi connectivity index (χ1n) is 11.0. The van der Waals surface area contributed by atoms with Crippen molar-refractivity contribution in [2.24, 2.45) is 11.7 Å². The minimum atomic E-state index is -0.995. The van der Waals surface area contributed by atoms with Gasteiger partial charge in [0.1, 0.15) is 17.7 Å². The largest absolute Gasteiger partial charge is 0.444 e. The number of carbonyl (C=O) groups excluding carboxylic acids is 4. The maximum absolute atomic E-state index is 13.2. The van der Waals surface area contributed by atoms with Crippen molar-refractivity contribution < 1.29 is 28.7 Å². The molecule has 0 aromatic carbocycles. The van der Waals surface area contributed by atoms with Crippen LogP contribution < -0.4 is 16.4 Å². The van der Waals surface area contributed by atoms with Gasteiger partial charge in [-0.15, -0.1) is 0 Å². The first kappa shape index (κ1) is 23.3. The van der Waals surface area contributed by atoms with E-state index < -0.39 is 41.2 Å². The topological polar surface area (TPSA) is 140 Å². The molecule has 3 saturated heterocycles. The van der Waals surface area contributed by atoms with Crippen LogP contribution in [0, 0.1) is 5.92 Å². The van der Waals surface area contributed by atoms with Gasteiger partial charge < -0.3 is 25.8 Å². The number of likely N-dealkylation sites (tertiary alicyclic amines) is 1. The van der Waals surface area contributed by atoms with E-state index in [0.29, 0.717) is 26.0 Å². The van der Waals surface area contributed by atoms with Gasteiger partial charge in [0, 0.05) is 25.5 Å². The molecule has 10 nitrogen and oxygen atoms in total. The van der Waals surface area contributed by atoms with E-state index in [-0.39, 0.29) is 24.8 Å². The lowest BCUT2D eigenvalue weighted by Gasteiger charge is -2.33. The minimum Gasteiger partial charge on any atom is -0.444 e. The lowest BCUT2D eigenvalue weighted by atomic mass is 9.91. The van der Waals surface area contributed by atoms with Crippen LogP contribution in [0.2, 0.25) is 0 Å². The molecule has 0 aliphatic carbocycles. The predicted octanol–water partition coefficient (Wildman–Crippen LogP) is 0.431. The molecule has 3 aliphatic rings. The zero-order valence-corrected chi connectivity index (χ0v) is 18.6. The van der Waals surface area contributed by atoms with E-state index in [1.54, 1.807) is 20.8 Å². The van der Waals surface area contributed by atoms with Crippen LogP contribution in [0.4, 0.5) is 4.79 Å². The van der Waals surface area contributed by atoms with Gasteiger partial charge in [-0.3, -0.25) is 19.3 Å². The van der Waals surface area contributed by atoms with Crippen LogP contribution in [0.15, 0.2) is 0 Å². The van der Waals surface area contributed by atoms with Gasteiger partial charge in [-0.1, -0.05) is 0 Å². The van der Waals surface area contributed by atoms with Gasteiger partial charge in [-0.2, -0.15) is 0 Å². The van der Waals surface area contributed by atoms with E-state index >= 15 is 0 Å². The lowest BCUT2D eigenvalue weighted by Crippen LogP contribution is -2.53. The Hall–Kier alpha value is -2.36. The Labute approximate surface area is 182 Å². The number of amides is 4. The zero-order valence-electron chi connectivity index (χ0n) is 18.6. The summed E-state index contributed by atoms with van der Waals surface area (Å²) in [6.07, 6.45) is 3.10. The van der Waals surface area contributed by atoms with E-state index in [0.717, 1.165) is 19.3 Å². The molecule has 4 N–H and O–H groups in total. The summed E-state index contributed by atoms with van der Waals surface area (Å²) in [7, 11) is 0. The molecule has 4 amide bonds. The van der Waals surface area contributed by atoms with Crippen LogP contribution >= 0.6 is 0 Å². The fourth-order valence-corrected chi connectivity index (χ4v) is 4.56. The molecule has 3 aliphatic heterocycles. The lowest BCUT2D eigenvalue weighted by molar-refractivity contribution is -0.131. The summed E-state index contributed by atoms with van der Waals surface area (Å²) in [5, 5.41) is 5.39. The highest BCUT2D eigenvalue weighted by Gasteiger charge is 2.51. The average Bonchev–Trinajstić information content (AvgIpc) is 3.24. The average molecular weight is 439 g/mol. The molecule has 3 heterocycles. The molecular formula is C21H34N4O6. The van der Waals surface area contributed by atoms with Gasteiger partial charge in [0.05, 0.1) is 12.1 Å². The fourth-order valence-electron chi connectivity index (χ4n) is 4.56. The summed E-state index contributed by atoms with van der Waals surface area (Å²) in [5.41, 5.74) is 4.20. The third-order valence-electron chi connectivity index (χ3n) is 6.11. The SMILES string of the molecule is CC(C)(C)OC(=O)N1CC2(CCCCO2)CC1C(=O)N[C@@H](C[C@@H]1CCNC1=O)C(N)=O. The fraction of sp³-hybridized carbons (Fsp3) is 0.810. The van der Waals surface area contributed by atoms with Crippen molar-refractivity contribution >= 4 is 23.8 Å². The second-order valence-electron chi connectivity index (χ2n) is 9.79. The number of primary amides is 1. The van der Waals surface area contributed by atoms with Crippen molar-refractivity contribution in [3.05, 3.63) is 0 Å². The summed E-state index contributed by atoms with van der Waals surface area (Å²) in [6, 6.07) is -1.84. The molecule has 0 bridgehead atoms. The van der Waals surface area contributed by atoms with Crippen molar-refractivity contribution in [2.45, 2.75) is 82.6 Å². The summed E-state index contributed by atoms with van der Waals surface area (Å²) in [6.45, 7) is 6.66. The maximum Gasteiger partial charge on any atom is 0.411 e. The summed E-state index contributed by atoms with van der Waals surface area (Å²) >= 11 is 0. The summed E-state index contributed by atoms with van der Waals surface area (Å²) in [5.74, 6) is -1.72. The Morgan fingerprint density at radius 3 is 2.65 bits per heavy atom. The third kappa shape index (κ3) is 5.66. The maximum atomic E-state index is 13.2. The Balaban J connectivity index is 1.75.